The van der Waals surface area contributed by atoms with Gasteiger partial charge in [0.05, 0.1) is 23.7 Å². The first kappa shape index (κ1) is 24.2. The van der Waals surface area contributed by atoms with Gasteiger partial charge in [0, 0.05) is 39.1 Å². The van der Waals surface area contributed by atoms with Crippen molar-refractivity contribution in [3.05, 3.63) is 58.6 Å². The van der Waals surface area contributed by atoms with E-state index in [1.807, 2.05) is 42.7 Å². The fraction of sp³-hybridized carbons (Fsp3) is 0.368. The number of aliphatic imine (C=N–C) groups is 1. The molecule has 0 spiro atoms. The van der Waals surface area contributed by atoms with Gasteiger partial charge < -0.3 is 20.1 Å². The fourth-order valence-electron chi connectivity index (χ4n) is 2.58. The Labute approximate surface area is 187 Å². The first-order valence-corrected chi connectivity index (χ1v) is 9.13. The Hall–Kier alpha value is -1.81. The minimum atomic E-state index is -0.534. The van der Waals surface area contributed by atoms with Gasteiger partial charge in [-0.3, -0.25) is 9.79 Å². The number of benzene rings is 1. The van der Waals surface area contributed by atoms with Crippen molar-refractivity contribution in [2.45, 2.75) is 13.5 Å². The highest BCUT2D eigenvalue weighted by Crippen LogP contribution is 2.14. The Bertz CT molecular complexity index is 811. The summed E-state index contributed by atoms with van der Waals surface area (Å²) in [5.41, 5.74) is 1.09. The van der Waals surface area contributed by atoms with Crippen molar-refractivity contribution >= 4 is 47.4 Å². The van der Waals surface area contributed by atoms with Gasteiger partial charge in [-0.15, -0.1) is 24.0 Å². The van der Waals surface area contributed by atoms with E-state index < -0.39 is 11.7 Å². The first-order chi connectivity index (χ1) is 12.9. The molecule has 1 aromatic heterocycles. The van der Waals surface area contributed by atoms with Crippen LogP contribution in [0.2, 0.25) is 5.02 Å². The minimum Gasteiger partial charge on any atom is -0.357 e. The molecule has 0 aliphatic rings. The smallest absolute Gasteiger partial charge is 0.254 e. The van der Waals surface area contributed by atoms with Gasteiger partial charge in [0.25, 0.3) is 5.91 Å². The van der Waals surface area contributed by atoms with Crippen molar-refractivity contribution in [2.24, 2.45) is 12.0 Å². The van der Waals surface area contributed by atoms with Crippen molar-refractivity contribution < 1.29 is 9.18 Å². The van der Waals surface area contributed by atoms with Crippen LogP contribution in [-0.4, -0.2) is 48.0 Å². The summed E-state index contributed by atoms with van der Waals surface area (Å²) in [5, 5.41) is 6.60. The summed E-state index contributed by atoms with van der Waals surface area (Å²) >= 11 is 6.03. The summed E-state index contributed by atoms with van der Waals surface area (Å²) in [6.07, 6.45) is 1.85. The molecular weight excluding hydrogens is 496 g/mol. The molecule has 1 aromatic carbocycles. The molecular formula is C19H26ClFIN5O. The summed E-state index contributed by atoms with van der Waals surface area (Å²) in [5.74, 6) is -0.261. The number of hydrogen-bond donors (Lipinski definition) is 2. The van der Waals surface area contributed by atoms with Crippen molar-refractivity contribution in [1.82, 2.24) is 20.1 Å². The highest BCUT2D eigenvalue weighted by Gasteiger charge is 2.11. The molecule has 0 saturated carbocycles. The molecule has 0 aliphatic carbocycles. The zero-order valence-corrected chi connectivity index (χ0v) is 19.3. The Kier molecular flexibility index (Phi) is 10.3. The SMILES string of the molecule is CCNC(=NCCNC(=O)c1ccccc1F)N(C)Cc1cc(Cl)cn1C.I. The molecule has 2 rings (SSSR count). The van der Waals surface area contributed by atoms with Gasteiger partial charge in [-0.2, -0.15) is 0 Å². The van der Waals surface area contributed by atoms with Crippen LogP contribution in [0.5, 0.6) is 0 Å². The average molecular weight is 522 g/mol. The normalized spacial score (nSPS) is 11.0. The van der Waals surface area contributed by atoms with Gasteiger partial charge in [-0.25, -0.2) is 4.39 Å². The minimum absolute atomic E-state index is 0. The van der Waals surface area contributed by atoms with E-state index in [-0.39, 0.29) is 29.5 Å². The van der Waals surface area contributed by atoms with Crippen LogP contribution in [0, 0.1) is 5.82 Å². The van der Waals surface area contributed by atoms with Gasteiger partial charge in [0.1, 0.15) is 5.82 Å². The lowest BCUT2D eigenvalue weighted by Gasteiger charge is -2.22. The number of nitrogens with one attached hydrogen (secondary N) is 2. The molecule has 0 saturated heterocycles. The maximum Gasteiger partial charge on any atom is 0.254 e. The van der Waals surface area contributed by atoms with Crippen LogP contribution in [0.25, 0.3) is 0 Å². The lowest BCUT2D eigenvalue weighted by Crippen LogP contribution is -2.39. The van der Waals surface area contributed by atoms with Crippen molar-refractivity contribution in [1.29, 1.82) is 0 Å². The predicted molar refractivity (Wildman–Crippen MR) is 122 cm³/mol. The molecule has 2 aromatic rings. The highest BCUT2D eigenvalue weighted by atomic mass is 127. The molecule has 0 fully saturated rings. The largest absolute Gasteiger partial charge is 0.357 e. The standard InChI is InChI=1S/C19H25ClFN5O.HI/c1-4-22-19(26(3)13-15-11-14(20)12-25(15)2)24-10-9-23-18(27)16-7-5-6-8-17(16)21;/h5-8,11-12H,4,9-10,13H2,1-3H3,(H,22,24)(H,23,27);1H. The Morgan fingerprint density at radius 3 is 2.64 bits per heavy atom. The monoisotopic (exact) mass is 521 g/mol. The Morgan fingerprint density at radius 2 is 2.04 bits per heavy atom. The third kappa shape index (κ3) is 6.97. The summed E-state index contributed by atoms with van der Waals surface area (Å²) in [7, 11) is 3.87. The molecule has 154 valence electrons. The van der Waals surface area contributed by atoms with Crippen LogP contribution in [0.1, 0.15) is 23.0 Å². The van der Waals surface area contributed by atoms with E-state index in [0.717, 1.165) is 18.2 Å². The lowest BCUT2D eigenvalue weighted by atomic mass is 10.2. The molecule has 1 amide bonds. The number of rotatable bonds is 7. The number of amides is 1. The highest BCUT2D eigenvalue weighted by molar-refractivity contribution is 14.0. The van der Waals surface area contributed by atoms with E-state index in [1.54, 1.807) is 12.1 Å². The molecule has 0 atom stereocenters. The number of aromatic nitrogens is 1. The van der Waals surface area contributed by atoms with Gasteiger partial charge in [0.15, 0.2) is 5.96 Å². The fourth-order valence-corrected chi connectivity index (χ4v) is 2.86. The maximum atomic E-state index is 13.6. The van der Waals surface area contributed by atoms with Crippen LogP contribution in [0.3, 0.4) is 0 Å². The van der Waals surface area contributed by atoms with Crippen molar-refractivity contribution in [3.63, 3.8) is 0 Å². The quantitative estimate of drug-likeness (QED) is 0.255. The molecule has 2 N–H and O–H groups in total. The zero-order chi connectivity index (χ0) is 19.8. The Morgan fingerprint density at radius 1 is 1.32 bits per heavy atom. The number of hydrogen-bond acceptors (Lipinski definition) is 2. The number of guanidine groups is 1. The van der Waals surface area contributed by atoms with Crippen molar-refractivity contribution in [2.75, 3.05) is 26.7 Å². The second kappa shape index (κ2) is 11.9. The molecule has 0 radical (unpaired) electrons. The van der Waals surface area contributed by atoms with Gasteiger partial charge in [0.2, 0.25) is 0 Å². The summed E-state index contributed by atoms with van der Waals surface area (Å²) in [6, 6.07) is 7.81. The number of halogens is 3. The number of aryl methyl sites for hydroxylation is 1. The van der Waals surface area contributed by atoms with Crippen LogP contribution in [0.15, 0.2) is 41.5 Å². The van der Waals surface area contributed by atoms with E-state index in [4.69, 9.17) is 11.6 Å². The summed E-state index contributed by atoms with van der Waals surface area (Å²) < 4.78 is 15.6. The van der Waals surface area contributed by atoms with Crippen LogP contribution >= 0.6 is 35.6 Å². The second-order valence-corrected chi connectivity index (χ2v) is 6.52. The molecule has 1 heterocycles. The Balaban J connectivity index is 0.00000392. The van der Waals surface area contributed by atoms with E-state index in [9.17, 15) is 9.18 Å². The van der Waals surface area contributed by atoms with E-state index in [2.05, 4.69) is 15.6 Å². The lowest BCUT2D eigenvalue weighted by molar-refractivity contribution is 0.0951. The van der Waals surface area contributed by atoms with Gasteiger partial charge in [-0.1, -0.05) is 23.7 Å². The second-order valence-electron chi connectivity index (χ2n) is 6.09. The van der Waals surface area contributed by atoms with Gasteiger partial charge in [-0.05, 0) is 25.1 Å². The molecule has 9 heteroatoms. The molecule has 28 heavy (non-hydrogen) atoms. The number of carbonyl (C=O) groups excluding carboxylic acids is 1. The van der Waals surface area contributed by atoms with E-state index in [1.165, 1.54) is 12.1 Å². The first-order valence-electron chi connectivity index (χ1n) is 8.75. The average Bonchev–Trinajstić information content (AvgIpc) is 2.94. The summed E-state index contributed by atoms with van der Waals surface area (Å²) in [4.78, 5) is 18.5. The molecule has 0 bridgehead atoms. The molecule has 0 aliphatic heterocycles. The van der Waals surface area contributed by atoms with Crippen molar-refractivity contribution in [3.8, 4) is 0 Å². The third-order valence-corrected chi connectivity index (χ3v) is 4.15. The van der Waals surface area contributed by atoms with Crippen LogP contribution < -0.4 is 10.6 Å². The number of carbonyl (C=O) groups is 1. The van der Waals surface area contributed by atoms with Crippen LogP contribution in [-0.2, 0) is 13.6 Å². The zero-order valence-electron chi connectivity index (χ0n) is 16.2. The predicted octanol–water partition coefficient (Wildman–Crippen LogP) is 3.26. The van der Waals surface area contributed by atoms with E-state index in [0.29, 0.717) is 24.7 Å². The topological polar surface area (TPSA) is 61.7 Å². The maximum absolute atomic E-state index is 13.6. The van der Waals surface area contributed by atoms with Gasteiger partial charge >= 0.3 is 0 Å². The van der Waals surface area contributed by atoms with E-state index >= 15 is 0 Å². The molecule has 6 nitrogen and oxygen atoms in total. The summed E-state index contributed by atoms with van der Waals surface area (Å²) in [6.45, 7) is 4.03. The number of nitrogens with zero attached hydrogens (tertiary/aromatic N) is 3. The molecule has 0 unspecified atom stereocenters. The van der Waals surface area contributed by atoms with Crippen LogP contribution in [0.4, 0.5) is 4.39 Å². The third-order valence-electron chi connectivity index (χ3n) is 3.95.